The van der Waals surface area contributed by atoms with E-state index < -0.39 is 0 Å². The quantitative estimate of drug-likeness (QED) is 0.171. The second-order valence-electron chi connectivity index (χ2n) is 15.3. The topological polar surface area (TPSA) is 26.0 Å². The van der Waals surface area contributed by atoms with Crippen LogP contribution in [0.2, 0.25) is 0 Å². The highest BCUT2D eigenvalue weighted by Gasteiger charge is 2.37. The van der Waals surface area contributed by atoms with E-state index in [1.807, 2.05) is 0 Å². The largest absolute Gasteiger partial charge is 0.326 e. The molecule has 0 fully saturated rings. The van der Waals surface area contributed by atoms with Crippen molar-refractivity contribution in [2.75, 3.05) is 0 Å². The zero-order chi connectivity index (χ0) is 37.1. The third-order valence-electron chi connectivity index (χ3n) is 11.9. The van der Waals surface area contributed by atoms with Gasteiger partial charge < -0.3 is 5.73 Å². The van der Waals surface area contributed by atoms with Crippen molar-refractivity contribution in [2.45, 2.75) is 25.8 Å². The molecule has 10 rings (SSSR count). The van der Waals surface area contributed by atoms with Crippen LogP contribution in [0.15, 0.2) is 188 Å². The van der Waals surface area contributed by atoms with Crippen LogP contribution < -0.4 is 5.73 Å². The highest BCUT2D eigenvalue weighted by Crippen LogP contribution is 2.55. The van der Waals surface area contributed by atoms with Crippen molar-refractivity contribution < 1.29 is 0 Å². The third-order valence-corrected chi connectivity index (χ3v) is 11.9. The number of nitrogens with two attached hydrogens (primary N) is 1. The number of hydrogen-bond donors (Lipinski definition) is 1. The summed E-state index contributed by atoms with van der Waals surface area (Å²) in [6.45, 7) is 5.34. The van der Waals surface area contributed by atoms with Gasteiger partial charge in [0, 0.05) is 12.0 Å². The Bertz CT molecular complexity index is 2900. The molecule has 1 heteroatoms. The van der Waals surface area contributed by atoms with Crippen molar-refractivity contribution in [1.82, 2.24) is 0 Å². The van der Waals surface area contributed by atoms with Gasteiger partial charge in [0.05, 0.1) is 0 Å². The fourth-order valence-corrected chi connectivity index (χ4v) is 9.14. The number of hydrogen-bond acceptors (Lipinski definition) is 1. The Hall–Kier alpha value is -6.54. The van der Waals surface area contributed by atoms with Crippen LogP contribution in [0.1, 0.15) is 30.5 Å². The first-order valence-electron chi connectivity index (χ1n) is 19.3. The molecule has 0 amide bonds. The van der Waals surface area contributed by atoms with Crippen molar-refractivity contribution in [1.29, 1.82) is 0 Å². The third kappa shape index (κ3) is 5.35. The molecule has 0 radical (unpaired) electrons. The average molecular weight is 704 g/mol. The van der Waals surface area contributed by atoms with Crippen molar-refractivity contribution in [3.05, 3.63) is 205 Å². The first-order chi connectivity index (χ1) is 27.0. The minimum Gasteiger partial charge on any atom is -0.326 e. The van der Waals surface area contributed by atoms with E-state index in [9.17, 15) is 0 Å². The molecule has 0 saturated carbocycles. The molecule has 0 aromatic heterocycles. The molecule has 1 nitrogen and oxygen atoms in total. The maximum Gasteiger partial charge on any atom is 0.0178 e. The summed E-state index contributed by atoms with van der Waals surface area (Å²) in [6, 6.07) is 69.4. The van der Waals surface area contributed by atoms with Gasteiger partial charge in [-0.2, -0.15) is 0 Å². The summed E-state index contributed by atoms with van der Waals surface area (Å²) in [5.41, 5.74) is 24.6. The smallest absolute Gasteiger partial charge is 0.0178 e. The first kappa shape index (κ1) is 33.1. The van der Waals surface area contributed by atoms with Crippen LogP contribution in [-0.4, -0.2) is 0 Å². The Kier molecular flexibility index (Phi) is 7.87. The molecule has 2 N–H and O–H groups in total. The summed E-state index contributed by atoms with van der Waals surface area (Å²) >= 11 is 0. The second-order valence-corrected chi connectivity index (χ2v) is 15.3. The van der Waals surface area contributed by atoms with Crippen molar-refractivity contribution in [3.63, 3.8) is 0 Å². The van der Waals surface area contributed by atoms with Crippen LogP contribution in [0.25, 0.3) is 88.3 Å². The Morgan fingerprint density at radius 2 is 0.800 bits per heavy atom. The Labute approximate surface area is 323 Å². The van der Waals surface area contributed by atoms with Crippen LogP contribution >= 0.6 is 0 Å². The fraction of sp³-hybridized carbons (Fsp3) is 0.0741. The zero-order valence-electron chi connectivity index (χ0n) is 31.2. The lowest BCUT2D eigenvalue weighted by Gasteiger charge is -2.25. The van der Waals surface area contributed by atoms with Crippen molar-refractivity contribution in [3.8, 4) is 66.8 Å². The molecule has 9 aromatic carbocycles. The van der Waals surface area contributed by atoms with E-state index in [-0.39, 0.29) is 5.41 Å². The van der Waals surface area contributed by atoms with Gasteiger partial charge in [-0.15, -0.1) is 0 Å². The van der Waals surface area contributed by atoms with Crippen molar-refractivity contribution >= 4 is 21.5 Å². The van der Waals surface area contributed by atoms with E-state index >= 15 is 0 Å². The van der Waals surface area contributed by atoms with E-state index in [0.29, 0.717) is 6.54 Å². The van der Waals surface area contributed by atoms with Gasteiger partial charge in [-0.3, -0.25) is 0 Å². The summed E-state index contributed by atoms with van der Waals surface area (Å²) in [6.07, 6.45) is 0. The van der Waals surface area contributed by atoms with Crippen LogP contribution in [0.3, 0.4) is 0 Å². The molecular formula is C54H41N. The minimum absolute atomic E-state index is 0.212. The number of fused-ring (bicyclic) bond motifs is 5. The summed E-state index contributed by atoms with van der Waals surface area (Å²) < 4.78 is 0. The normalized spacial score (nSPS) is 12.9. The molecule has 0 spiro atoms. The van der Waals surface area contributed by atoms with Gasteiger partial charge in [0.2, 0.25) is 0 Å². The van der Waals surface area contributed by atoms with Gasteiger partial charge in [-0.25, -0.2) is 0 Å². The van der Waals surface area contributed by atoms with E-state index in [4.69, 9.17) is 5.73 Å². The van der Waals surface area contributed by atoms with Gasteiger partial charge in [0.25, 0.3) is 0 Å². The van der Waals surface area contributed by atoms with Crippen LogP contribution in [-0.2, 0) is 12.0 Å². The second kappa shape index (κ2) is 13.1. The Morgan fingerprint density at radius 1 is 0.345 bits per heavy atom. The van der Waals surface area contributed by atoms with Crippen molar-refractivity contribution in [2.24, 2.45) is 5.73 Å². The van der Waals surface area contributed by atoms with Gasteiger partial charge in [-0.1, -0.05) is 184 Å². The van der Waals surface area contributed by atoms with Gasteiger partial charge in [-0.05, 0) is 123 Å². The van der Waals surface area contributed by atoms with E-state index in [2.05, 4.69) is 202 Å². The summed E-state index contributed by atoms with van der Waals surface area (Å²) in [7, 11) is 0. The molecule has 1 aliphatic carbocycles. The Morgan fingerprint density at radius 3 is 1.35 bits per heavy atom. The van der Waals surface area contributed by atoms with Gasteiger partial charge in [0.1, 0.15) is 0 Å². The molecule has 0 bridgehead atoms. The Balaban J connectivity index is 1.32. The molecule has 1 aliphatic rings. The lowest BCUT2D eigenvalue weighted by atomic mass is 9.78. The number of benzene rings is 9. The average Bonchev–Trinajstić information content (AvgIpc) is 3.47. The molecule has 55 heavy (non-hydrogen) atoms. The van der Waals surface area contributed by atoms with E-state index in [1.165, 1.54) is 99.4 Å². The predicted molar refractivity (Wildman–Crippen MR) is 234 cm³/mol. The highest BCUT2D eigenvalue weighted by molar-refractivity contribution is 6.24. The molecule has 0 heterocycles. The summed E-state index contributed by atoms with van der Waals surface area (Å²) in [4.78, 5) is 0. The molecular weight excluding hydrogens is 663 g/mol. The lowest BCUT2D eigenvalue weighted by molar-refractivity contribution is 0.661. The standard InChI is InChI=1S/C54H41N/c1-54(2)50-31-39(36-27-25-35(34-55)26-28-36)29-30-42(50)47-32-48-49(33-51(47)54)53(44-22-12-10-20-41(44)38-17-7-4-8-18-38)46-24-14-13-23-45(46)52(48)43-21-11-9-19-40(43)37-15-5-3-6-16-37/h3-33H,34,55H2,1-2H3. The van der Waals surface area contributed by atoms with Gasteiger partial charge >= 0.3 is 0 Å². The SMILES string of the molecule is CC1(C)c2cc(-c3ccc(CN)cc3)ccc2-c2cc3c(-c4ccccc4-c4ccccc4)c4ccccc4c(-c4ccccc4-c4ccccc4)c3cc21. The predicted octanol–water partition coefficient (Wildman–Crippen LogP) is 14.1. The van der Waals surface area contributed by atoms with Crippen LogP contribution in [0, 0.1) is 0 Å². The maximum atomic E-state index is 5.94. The summed E-state index contributed by atoms with van der Waals surface area (Å²) in [5.74, 6) is 0. The first-order valence-corrected chi connectivity index (χ1v) is 19.3. The number of rotatable bonds is 6. The van der Waals surface area contributed by atoms with Crippen LogP contribution in [0.5, 0.6) is 0 Å². The molecule has 0 saturated heterocycles. The van der Waals surface area contributed by atoms with E-state index in [0.717, 1.165) is 5.56 Å². The monoisotopic (exact) mass is 703 g/mol. The molecule has 262 valence electrons. The minimum atomic E-state index is -0.212. The maximum absolute atomic E-state index is 5.94. The fourth-order valence-electron chi connectivity index (χ4n) is 9.14. The summed E-state index contributed by atoms with van der Waals surface area (Å²) in [5, 5.41) is 5.05. The molecule has 0 aliphatic heterocycles. The molecule has 9 aromatic rings. The van der Waals surface area contributed by atoms with Gasteiger partial charge in [0.15, 0.2) is 0 Å². The lowest BCUT2D eigenvalue weighted by Crippen LogP contribution is -2.15. The highest BCUT2D eigenvalue weighted by atomic mass is 14.5. The molecule has 0 unspecified atom stereocenters. The molecule has 0 atom stereocenters. The van der Waals surface area contributed by atoms with Crippen LogP contribution in [0.4, 0.5) is 0 Å². The zero-order valence-corrected chi connectivity index (χ0v) is 31.2. The van der Waals surface area contributed by atoms with E-state index in [1.54, 1.807) is 0 Å².